The molecule has 0 saturated heterocycles. The van der Waals surface area contributed by atoms with Crippen molar-refractivity contribution in [3.63, 3.8) is 0 Å². The highest BCUT2D eigenvalue weighted by Gasteiger charge is 2.15. The normalized spacial score (nSPS) is 15.4. The smallest absolute Gasteiger partial charge is 0.0963 e. The fourth-order valence-electron chi connectivity index (χ4n) is 1.01. The Morgan fingerprint density at radius 3 is 2.31 bits per heavy atom. The number of hydrogen-bond acceptors (Lipinski definition) is 3. The van der Waals surface area contributed by atoms with Crippen LogP contribution in [0.1, 0.15) is 11.7 Å². The molecule has 0 radical (unpaired) electrons. The zero-order valence-electron chi connectivity index (χ0n) is 7.02. The second-order valence-electron chi connectivity index (χ2n) is 2.84. The van der Waals surface area contributed by atoms with Crippen LogP contribution in [0, 0.1) is 3.57 Å². The van der Waals surface area contributed by atoms with Gasteiger partial charge in [-0.2, -0.15) is 0 Å². The summed E-state index contributed by atoms with van der Waals surface area (Å²) in [7, 11) is 0. The Bertz CT molecular complexity index is 263. The molecule has 0 aliphatic heterocycles. The third kappa shape index (κ3) is 2.91. The van der Waals surface area contributed by atoms with E-state index < -0.39 is 12.1 Å². The third-order valence-electron chi connectivity index (χ3n) is 1.83. The molecule has 0 spiro atoms. The molecule has 4 N–H and O–H groups in total. The van der Waals surface area contributed by atoms with Gasteiger partial charge in [-0.25, -0.2) is 0 Å². The highest BCUT2D eigenvalue weighted by molar-refractivity contribution is 14.1. The first-order valence-corrected chi connectivity index (χ1v) is 5.03. The molecule has 1 aromatic rings. The summed E-state index contributed by atoms with van der Waals surface area (Å²) in [4.78, 5) is 0. The molecule has 1 aromatic carbocycles. The van der Waals surface area contributed by atoms with Crippen LogP contribution in [0.4, 0.5) is 0 Å². The van der Waals surface area contributed by atoms with Crippen molar-refractivity contribution in [2.75, 3.05) is 6.61 Å². The van der Waals surface area contributed by atoms with Gasteiger partial charge in [0, 0.05) is 3.57 Å². The van der Waals surface area contributed by atoms with Gasteiger partial charge < -0.3 is 15.9 Å². The summed E-state index contributed by atoms with van der Waals surface area (Å²) >= 11 is 2.18. The largest absolute Gasteiger partial charge is 0.395 e. The highest BCUT2D eigenvalue weighted by Crippen LogP contribution is 2.16. The van der Waals surface area contributed by atoms with E-state index >= 15 is 0 Å². The van der Waals surface area contributed by atoms with Gasteiger partial charge in [-0.1, -0.05) is 12.1 Å². The molecule has 0 aliphatic carbocycles. The van der Waals surface area contributed by atoms with Crippen molar-refractivity contribution >= 4 is 22.6 Å². The van der Waals surface area contributed by atoms with E-state index in [0.29, 0.717) is 0 Å². The molecule has 1 rings (SSSR count). The number of aliphatic hydroxyl groups is 2. The summed E-state index contributed by atoms with van der Waals surface area (Å²) in [5.74, 6) is 0. The van der Waals surface area contributed by atoms with Gasteiger partial charge in [-0.3, -0.25) is 0 Å². The number of aliphatic hydroxyl groups excluding tert-OH is 2. The quantitative estimate of drug-likeness (QED) is 0.717. The molecule has 13 heavy (non-hydrogen) atoms. The van der Waals surface area contributed by atoms with Gasteiger partial charge in [0.15, 0.2) is 0 Å². The Morgan fingerprint density at radius 1 is 1.31 bits per heavy atom. The van der Waals surface area contributed by atoms with Gasteiger partial charge in [0.25, 0.3) is 0 Å². The highest BCUT2D eigenvalue weighted by atomic mass is 127. The summed E-state index contributed by atoms with van der Waals surface area (Å²) in [6.07, 6.45) is -0.790. The van der Waals surface area contributed by atoms with Gasteiger partial charge in [-0.05, 0) is 40.3 Å². The van der Waals surface area contributed by atoms with Crippen LogP contribution in [0.2, 0.25) is 0 Å². The summed E-state index contributed by atoms with van der Waals surface area (Å²) in [6.45, 7) is -0.215. The van der Waals surface area contributed by atoms with Crippen LogP contribution in [0.25, 0.3) is 0 Å². The predicted octanol–water partition coefficient (Wildman–Crippen LogP) is 0.644. The Kier molecular flexibility index (Phi) is 4.11. The Hall–Kier alpha value is -0.170. The molecule has 0 bridgehead atoms. The van der Waals surface area contributed by atoms with Gasteiger partial charge in [0.1, 0.15) is 0 Å². The van der Waals surface area contributed by atoms with Crippen LogP contribution in [-0.2, 0) is 0 Å². The van der Waals surface area contributed by atoms with Gasteiger partial charge >= 0.3 is 0 Å². The molecule has 0 heterocycles. The molecule has 0 aromatic heterocycles. The molecule has 2 unspecified atom stereocenters. The topological polar surface area (TPSA) is 66.5 Å². The second kappa shape index (κ2) is 4.90. The van der Waals surface area contributed by atoms with Gasteiger partial charge in [-0.15, -0.1) is 0 Å². The van der Waals surface area contributed by atoms with E-state index in [4.69, 9.17) is 10.8 Å². The minimum absolute atomic E-state index is 0.215. The maximum atomic E-state index is 9.59. The molecular weight excluding hydrogens is 281 g/mol. The van der Waals surface area contributed by atoms with E-state index in [0.717, 1.165) is 9.13 Å². The first kappa shape index (κ1) is 10.9. The van der Waals surface area contributed by atoms with Crippen molar-refractivity contribution < 1.29 is 10.2 Å². The summed E-state index contributed by atoms with van der Waals surface area (Å²) in [6, 6.07) is 6.79. The van der Waals surface area contributed by atoms with E-state index in [2.05, 4.69) is 22.6 Å². The van der Waals surface area contributed by atoms with Crippen LogP contribution < -0.4 is 5.73 Å². The SMILES string of the molecule is NC(CO)C(O)c1ccc(I)cc1. The molecule has 4 heteroatoms. The minimum Gasteiger partial charge on any atom is -0.395 e. The standard InChI is InChI=1S/C9H12INO2/c10-7-3-1-6(2-4-7)9(13)8(11)5-12/h1-4,8-9,12-13H,5,11H2. The summed E-state index contributed by atoms with van der Waals surface area (Å²) < 4.78 is 1.10. The first-order valence-electron chi connectivity index (χ1n) is 3.95. The van der Waals surface area contributed by atoms with Crippen LogP contribution in [0.5, 0.6) is 0 Å². The Labute approximate surface area is 90.7 Å². The van der Waals surface area contributed by atoms with E-state index in [1.807, 2.05) is 24.3 Å². The van der Waals surface area contributed by atoms with E-state index in [1.54, 1.807) is 0 Å². The Morgan fingerprint density at radius 2 is 1.85 bits per heavy atom. The summed E-state index contributed by atoms with van der Waals surface area (Å²) in [5.41, 5.74) is 6.22. The lowest BCUT2D eigenvalue weighted by atomic mass is 10.0. The molecule has 3 nitrogen and oxygen atoms in total. The molecule has 0 aliphatic rings. The summed E-state index contributed by atoms with van der Waals surface area (Å²) in [5, 5.41) is 18.3. The second-order valence-corrected chi connectivity index (χ2v) is 4.09. The van der Waals surface area contributed by atoms with Crippen molar-refractivity contribution in [3.05, 3.63) is 33.4 Å². The van der Waals surface area contributed by atoms with E-state index in [1.165, 1.54) is 0 Å². The van der Waals surface area contributed by atoms with Gasteiger partial charge in [0.2, 0.25) is 0 Å². The lowest BCUT2D eigenvalue weighted by molar-refractivity contribution is 0.109. The van der Waals surface area contributed by atoms with Crippen LogP contribution >= 0.6 is 22.6 Å². The molecule has 0 saturated carbocycles. The fourth-order valence-corrected chi connectivity index (χ4v) is 1.37. The number of nitrogens with two attached hydrogens (primary N) is 1. The van der Waals surface area contributed by atoms with E-state index in [-0.39, 0.29) is 6.61 Å². The zero-order chi connectivity index (χ0) is 9.84. The number of benzene rings is 1. The van der Waals surface area contributed by atoms with Crippen molar-refractivity contribution in [2.45, 2.75) is 12.1 Å². The number of halogens is 1. The molecular formula is C9H12INO2. The first-order chi connectivity index (χ1) is 6.15. The Balaban J connectivity index is 2.77. The molecule has 0 amide bonds. The fraction of sp³-hybridized carbons (Fsp3) is 0.333. The van der Waals surface area contributed by atoms with Crippen LogP contribution in [0.15, 0.2) is 24.3 Å². The van der Waals surface area contributed by atoms with Crippen molar-refractivity contribution in [1.82, 2.24) is 0 Å². The average molecular weight is 293 g/mol. The third-order valence-corrected chi connectivity index (χ3v) is 2.55. The van der Waals surface area contributed by atoms with Crippen LogP contribution in [-0.4, -0.2) is 22.9 Å². The maximum Gasteiger partial charge on any atom is 0.0963 e. The predicted molar refractivity (Wildman–Crippen MR) is 59.2 cm³/mol. The lowest BCUT2D eigenvalue weighted by Crippen LogP contribution is -2.31. The van der Waals surface area contributed by atoms with Crippen molar-refractivity contribution in [3.8, 4) is 0 Å². The molecule has 2 atom stereocenters. The lowest BCUT2D eigenvalue weighted by Gasteiger charge is -2.16. The monoisotopic (exact) mass is 293 g/mol. The van der Waals surface area contributed by atoms with Gasteiger partial charge in [0.05, 0.1) is 18.8 Å². The number of hydrogen-bond donors (Lipinski definition) is 3. The molecule has 0 fully saturated rings. The van der Waals surface area contributed by atoms with Crippen molar-refractivity contribution in [1.29, 1.82) is 0 Å². The van der Waals surface area contributed by atoms with Crippen molar-refractivity contribution in [2.24, 2.45) is 5.73 Å². The minimum atomic E-state index is -0.790. The maximum absolute atomic E-state index is 9.59. The zero-order valence-corrected chi connectivity index (χ0v) is 9.18. The van der Waals surface area contributed by atoms with Crippen LogP contribution in [0.3, 0.4) is 0 Å². The molecule has 72 valence electrons. The van der Waals surface area contributed by atoms with E-state index in [9.17, 15) is 5.11 Å². The average Bonchev–Trinajstić information content (AvgIpc) is 2.17. The number of rotatable bonds is 3.